The van der Waals surface area contributed by atoms with E-state index in [2.05, 4.69) is 14.9 Å². The highest BCUT2D eigenvalue weighted by Gasteiger charge is 2.12. The molecule has 3 aromatic rings. The molecule has 6 nitrogen and oxygen atoms in total. The Morgan fingerprint density at radius 2 is 1.69 bits per heavy atom. The summed E-state index contributed by atoms with van der Waals surface area (Å²) in [6, 6.07) is 16.5. The van der Waals surface area contributed by atoms with Gasteiger partial charge >= 0.3 is 0 Å². The van der Waals surface area contributed by atoms with E-state index in [0.717, 1.165) is 11.1 Å². The maximum absolute atomic E-state index is 12.1. The summed E-state index contributed by atoms with van der Waals surface area (Å²) in [7, 11) is -3.35. The molecular formula is C18H18ClN3O3S. The van der Waals surface area contributed by atoms with Crippen LogP contribution in [0.25, 0.3) is 11.5 Å². The second-order valence-corrected chi connectivity index (χ2v) is 8.07. The van der Waals surface area contributed by atoms with Gasteiger partial charge in [-0.25, -0.2) is 13.1 Å². The summed E-state index contributed by atoms with van der Waals surface area (Å²) in [6.07, 6.45) is 0.794. The molecule has 0 bridgehead atoms. The Balaban J connectivity index is 1.49. The first-order chi connectivity index (χ1) is 12.5. The Kier molecular flexibility index (Phi) is 6.03. The molecule has 0 amide bonds. The molecule has 1 aromatic heterocycles. The smallest absolute Gasteiger partial charge is 0.247 e. The average Bonchev–Trinajstić information content (AvgIpc) is 3.10. The summed E-state index contributed by atoms with van der Waals surface area (Å²) >= 11 is 5.85. The molecule has 2 aromatic carbocycles. The van der Waals surface area contributed by atoms with Crippen molar-refractivity contribution in [2.45, 2.75) is 12.8 Å². The van der Waals surface area contributed by atoms with Gasteiger partial charge in [0, 0.05) is 23.6 Å². The fourth-order valence-electron chi connectivity index (χ4n) is 2.35. The minimum absolute atomic E-state index is 0.0386. The van der Waals surface area contributed by atoms with Gasteiger partial charge in [-0.1, -0.05) is 41.9 Å². The molecule has 0 aliphatic rings. The molecule has 0 aliphatic heterocycles. The molecule has 0 spiro atoms. The van der Waals surface area contributed by atoms with E-state index < -0.39 is 10.0 Å². The van der Waals surface area contributed by atoms with Crippen molar-refractivity contribution in [2.75, 3.05) is 12.3 Å². The molecular weight excluding hydrogens is 374 g/mol. The van der Waals surface area contributed by atoms with Crippen molar-refractivity contribution in [3.8, 4) is 11.5 Å². The van der Waals surface area contributed by atoms with Crippen LogP contribution < -0.4 is 4.72 Å². The second-order valence-electron chi connectivity index (χ2n) is 5.71. The molecule has 26 heavy (non-hydrogen) atoms. The molecule has 0 radical (unpaired) electrons. The van der Waals surface area contributed by atoms with Crippen molar-refractivity contribution in [2.24, 2.45) is 0 Å². The third-order valence-electron chi connectivity index (χ3n) is 3.72. The van der Waals surface area contributed by atoms with Gasteiger partial charge in [-0.05, 0) is 36.2 Å². The first kappa shape index (κ1) is 18.6. The third-order valence-corrected chi connectivity index (χ3v) is 5.36. The van der Waals surface area contributed by atoms with Gasteiger partial charge in [0.15, 0.2) is 0 Å². The van der Waals surface area contributed by atoms with Crippen molar-refractivity contribution < 1.29 is 12.8 Å². The molecule has 0 unspecified atom stereocenters. The van der Waals surface area contributed by atoms with Gasteiger partial charge in [-0.15, -0.1) is 10.2 Å². The van der Waals surface area contributed by atoms with Crippen molar-refractivity contribution >= 4 is 21.6 Å². The van der Waals surface area contributed by atoms with Crippen molar-refractivity contribution in [1.29, 1.82) is 0 Å². The van der Waals surface area contributed by atoms with E-state index in [4.69, 9.17) is 16.0 Å². The summed E-state index contributed by atoms with van der Waals surface area (Å²) in [6.45, 7) is 0.208. The molecule has 0 aliphatic carbocycles. The Morgan fingerprint density at radius 1 is 0.962 bits per heavy atom. The van der Waals surface area contributed by atoms with Gasteiger partial charge in [0.05, 0.1) is 5.75 Å². The maximum atomic E-state index is 12.1. The summed E-state index contributed by atoms with van der Waals surface area (Å²) in [5, 5.41) is 8.54. The van der Waals surface area contributed by atoms with Crippen LogP contribution in [-0.4, -0.2) is 30.9 Å². The minimum atomic E-state index is -3.35. The highest BCUT2D eigenvalue weighted by molar-refractivity contribution is 7.89. The predicted molar refractivity (Wildman–Crippen MR) is 100 cm³/mol. The number of halogens is 1. The maximum Gasteiger partial charge on any atom is 0.247 e. The number of nitrogens with zero attached hydrogens (tertiary/aromatic N) is 2. The summed E-state index contributed by atoms with van der Waals surface area (Å²) < 4.78 is 32.2. The lowest BCUT2D eigenvalue weighted by molar-refractivity contribution is 0.502. The normalized spacial score (nSPS) is 11.6. The Bertz CT molecular complexity index is 941. The highest BCUT2D eigenvalue weighted by atomic mass is 35.5. The van der Waals surface area contributed by atoms with Gasteiger partial charge in [0.1, 0.15) is 0 Å². The van der Waals surface area contributed by atoms with Crippen LogP contribution in [0.2, 0.25) is 5.02 Å². The van der Waals surface area contributed by atoms with Gasteiger partial charge in [0.2, 0.25) is 21.8 Å². The standard InChI is InChI=1S/C18H18ClN3O3S/c19-16-8-6-15(7-9-16)18-22-21-17(25-18)10-12-20-26(23,24)13-11-14-4-2-1-3-5-14/h1-9,20H,10-13H2. The third kappa shape index (κ3) is 5.39. The molecule has 3 rings (SSSR count). The van der Waals surface area contributed by atoms with Crippen molar-refractivity contribution in [3.63, 3.8) is 0 Å². The fourth-order valence-corrected chi connectivity index (χ4v) is 3.53. The predicted octanol–water partition coefficient (Wildman–Crippen LogP) is 3.09. The van der Waals surface area contributed by atoms with E-state index in [1.807, 2.05) is 30.3 Å². The monoisotopic (exact) mass is 391 g/mol. The number of benzene rings is 2. The lowest BCUT2D eigenvalue weighted by atomic mass is 10.2. The minimum Gasteiger partial charge on any atom is -0.421 e. The van der Waals surface area contributed by atoms with Gasteiger partial charge in [-0.3, -0.25) is 0 Å². The van der Waals surface area contributed by atoms with Crippen LogP contribution in [0.4, 0.5) is 0 Å². The zero-order valence-corrected chi connectivity index (χ0v) is 15.5. The largest absolute Gasteiger partial charge is 0.421 e. The first-order valence-electron chi connectivity index (χ1n) is 8.11. The highest BCUT2D eigenvalue weighted by Crippen LogP contribution is 2.20. The van der Waals surface area contributed by atoms with E-state index in [9.17, 15) is 8.42 Å². The molecule has 0 saturated heterocycles. The molecule has 0 fully saturated rings. The zero-order valence-electron chi connectivity index (χ0n) is 13.9. The lowest BCUT2D eigenvalue weighted by Gasteiger charge is -2.05. The Morgan fingerprint density at radius 3 is 2.42 bits per heavy atom. The number of rotatable bonds is 8. The van der Waals surface area contributed by atoms with E-state index in [0.29, 0.717) is 29.6 Å². The number of aryl methyl sites for hydroxylation is 1. The van der Waals surface area contributed by atoms with Crippen LogP contribution in [0.1, 0.15) is 11.5 Å². The van der Waals surface area contributed by atoms with Crippen LogP contribution >= 0.6 is 11.6 Å². The van der Waals surface area contributed by atoms with Crippen molar-refractivity contribution in [3.05, 3.63) is 71.1 Å². The molecule has 136 valence electrons. The van der Waals surface area contributed by atoms with Gasteiger partial charge in [0.25, 0.3) is 0 Å². The fraction of sp³-hybridized carbons (Fsp3) is 0.222. The summed E-state index contributed by atoms with van der Waals surface area (Å²) in [4.78, 5) is 0. The van der Waals surface area contributed by atoms with Gasteiger partial charge < -0.3 is 4.42 Å². The number of hydrogen-bond acceptors (Lipinski definition) is 5. The molecule has 8 heteroatoms. The summed E-state index contributed by atoms with van der Waals surface area (Å²) in [5.74, 6) is 0.793. The summed E-state index contributed by atoms with van der Waals surface area (Å²) in [5.41, 5.74) is 1.75. The molecule has 1 N–H and O–H groups in total. The average molecular weight is 392 g/mol. The molecule has 0 atom stereocenters. The van der Waals surface area contributed by atoms with Crippen LogP contribution in [0.5, 0.6) is 0 Å². The van der Waals surface area contributed by atoms with E-state index in [-0.39, 0.29) is 12.3 Å². The Hall–Kier alpha value is -2.22. The Labute approximate surface area is 157 Å². The van der Waals surface area contributed by atoms with Crippen LogP contribution in [0.3, 0.4) is 0 Å². The van der Waals surface area contributed by atoms with Crippen LogP contribution in [0.15, 0.2) is 59.0 Å². The van der Waals surface area contributed by atoms with E-state index in [1.54, 1.807) is 24.3 Å². The van der Waals surface area contributed by atoms with Crippen molar-refractivity contribution in [1.82, 2.24) is 14.9 Å². The van der Waals surface area contributed by atoms with Gasteiger partial charge in [-0.2, -0.15) is 0 Å². The molecule has 0 saturated carbocycles. The van der Waals surface area contributed by atoms with E-state index in [1.165, 1.54) is 0 Å². The zero-order chi connectivity index (χ0) is 18.4. The second kappa shape index (κ2) is 8.44. The number of hydrogen-bond donors (Lipinski definition) is 1. The van der Waals surface area contributed by atoms with E-state index >= 15 is 0 Å². The lowest BCUT2D eigenvalue weighted by Crippen LogP contribution is -2.29. The first-order valence-corrected chi connectivity index (χ1v) is 10.1. The number of nitrogens with one attached hydrogen (secondary N) is 1. The topological polar surface area (TPSA) is 85.1 Å². The number of sulfonamides is 1. The molecule has 1 heterocycles. The quantitative estimate of drug-likeness (QED) is 0.637. The van der Waals surface area contributed by atoms with Crippen LogP contribution in [0, 0.1) is 0 Å². The SMILES string of the molecule is O=S(=O)(CCc1ccccc1)NCCc1nnc(-c2ccc(Cl)cc2)o1. The van der Waals surface area contributed by atoms with Crippen LogP contribution in [-0.2, 0) is 22.9 Å². The number of aromatic nitrogens is 2.